The summed E-state index contributed by atoms with van der Waals surface area (Å²) in [6.07, 6.45) is 0.594. The van der Waals surface area contributed by atoms with Gasteiger partial charge in [0.25, 0.3) is 5.91 Å². The monoisotopic (exact) mass is 444 g/mol. The number of benzene rings is 3. The van der Waals surface area contributed by atoms with E-state index >= 15 is 0 Å². The Morgan fingerprint density at radius 1 is 0.750 bits per heavy atom. The smallest absolute Gasteiger partial charge is 0.259 e. The molecule has 3 aromatic rings. The normalized spacial score (nSPS) is 18.8. The van der Waals surface area contributed by atoms with Crippen LogP contribution in [0.15, 0.2) is 89.9 Å². The number of carbonyl (C=O) groups is 1. The zero-order valence-corrected chi connectivity index (χ0v) is 18.5. The van der Waals surface area contributed by atoms with Crippen LogP contribution in [0.3, 0.4) is 0 Å². The number of rotatable bonds is 4. The van der Waals surface area contributed by atoms with E-state index in [9.17, 15) is 4.79 Å². The van der Waals surface area contributed by atoms with Crippen molar-refractivity contribution in [2.75, 3.05) is 36.0 Å². The van der Waals surface area contributed by atoms with E-state index in [1.807, 2.05) is 60.7 Å². The van der Waals surface area contributed by atoms with Gasteiger partial charge in [0.2, 0.25) is 5.96 Å². The molecule has 1 amide bonds. The van der Waals surface area contributed by atoms with Crippen molar-refractivity contribution in [3.05, 3.63) is 95.5 Å². The van der Waals surface area contributed by atoms with E-state index in [-0.39, 0.29) is 5.91 Å². The van der Waals surface area contributed by atoms with E-state index < -0.39 is 6.04 Å². The molecule has 2 aliphatic heterocycles. The van der Waals surface area contributed by atoms with E-state index in [4.69, 9.17) is 16.6 Å². The maximum atomic E-state index is 13.5. The van der Waals surface area contributed by atoms with Gasteiger partial charge < -0.3 is 9.80 Å². The van der Waals surface area contributed by atoms with Crippen LogP contribution in [0, 0.1) is 0 Å². The molecule has 1 fully saturated rings. The highest BCUT2D eigenvalue weighted by molar-refractivity contribution is 6.30. The Morgan fingerprint density at radius 2 is 1.34 bits per heavy atom. The van der Waals surface area contributed by atoms with Crippen molar-refractivity contribution < 1.29 is 4.79 Å². The van der Waals surface area contributed by atoms with Crippen LogP contribution in [-0.4, -0.2) is 49.0 Å². The lowest BCUT2D eigenvalue weighted by atomic mass is 10.1. The Balaban J connectivity index is 1.39. The van der Waals surface area contributed by atoms with Crippen molar-refractivity contribution in [3.8, 4) is 0 Å². The van der Waals surface area contributed by atoms with Gasteiger partial charge in [-0.15, -0.1) is 0 Å². The predicted molar refractivity (Wildman–Crippen MR) is 131 cm³/mol. The third kappa shape index (κ3) is 4.21. The lowest BCUT2D eigenvalue weighted by Gasteiger charge is -2.38. The summed E-state index contributed by atoms with van der Waals surface area (Å²) in [6.45, 7) is 3.39. The van der Waals surface area contributed by atoms with E-state index in [1.165, 1.54) is 5.69 Å². The van der Waals surface area contributed by atoms with Gasteiger partial charge in [0.1, 0.15) is 6.04 Å². The minimum Gasteiger partial charge on any atom is -0.368 e. The van der Waals surface area contributed by atoms with Gasteiger partial charge in [0, 0.05) is 43.3 Å². The summed E-state index contributed by atoms with van der Waals surface area (Å²) in [7, 11) is 0. The Hall–Kier alpha value is -3.31. The SMILES string of the molecule is O=C1C(Cc2ccccc2)N=C(N2CCN(c3ccccc3)CC2)N1c1ccc(Cl)cc1. The average molecular weight is 445 g/mol. The highest BCUT2D eigenvalue weighted by Gasteiger charge is 2.39. The third-order valence-electron chi connectivity index (χ3n) is 6.02. The minimum atomic E-state index is -0.421. The van der Waals surface area contributed by atoms with Crippen molar-refractivity contribution >= 4 is 34.8 Å². The molecule has 162 valence electrons. The highest BCUT2D eigenvalue weighted by Crippen LogP contribution is 2.27. The molecule has 5 nitrogen and oxygen atoms in total. The standard InChI is InChI=1S/C26H25ClN4O/c27-21-11-13-23(14-12-21)31-25(32)24(19-20-7-3-1-4-8-20)28-26(31)30-17-15-29(16-18-30)22-9-5-2-6-10-22/h1-14,24H,15-19H2. The van der Waals surface area contributed by atoms with E-state index in [0.717, 1.165) is 43.4 Å². The first-order valence-corrected chi connectivity index (χ1v) is 11.3. The molecule has 0 spiro atoms. The molecule has 3 aromatic carbocycles. The molecule has 0 aliphatic carbocycles. The molecule has 6 heteroatoms. The van der Waals surface area contributed by atoms with Crippen LogP contribution in [0.25, 0.3) is 0 Å². The molecule has 1 atom stereocenters. The van der Waals surface area contributed by atoms with Crippen LogP contribution >= 0.6 is 11.6 Å². The number of nitrogens with zero attached hydrogens (tertiary/aromatic N) is 4. The lowest BCUT2D eigenvalue weighted by Crippen LogP contribution is -2.53. The summed E-state index contributed by atoms with van der Waals surface area (Å²) in [5.41, 5.74) is 3.15. The number of halogens is 1. The molecule has 0 aromatic heterocycles. The van der Waals surface area contributed by atoms with Gasteiger partial charge in [-0.1, -0.05) is 60.1 Å². The quantitative estimate of drug-likeness (QED) is 0.595. The number of hydrogen-bond acceptors (Lipinski definition) is 4. The second-order valence-electron chi connectivity index (χ2n) is 8.09. The fourth-order valence-electron chi connectivity index (χ4n) is 4.33. The summed E-state index contributed by atoms with van der Waals surface area (Å²) < 4.78 is 0. The van der Waals surface area contributed by atoms with Crippen molar-refractivity contribution in [2.45, 2.75) is 12.5 Å². The first kappa shape index (κ1) is 20.6. The fraction of sp³-hybridized carbons (Fsp3) is 0.231. The van der Waals surface area contributed by atoms with Gasteiger partial charge in [-0.25, -0.2) is 9.89 Å². The highest BCUT2D eigenvalue weighted by atomic mass is 35.5. The van der Waals surface area contributed by atoms with Crippen LogP contribution in [0.4, 0.5) is 11.4 Å². The summed E-state index contributed by atoms with van der Waals surface area (Å²) >= 11 is 6.10. The van der Waals surface area contributed by atoms with Crippen molar-refractivity contribution in [1.29, 1.82) is 0 Å². The number of piperazine rings is 1. The zero-order valence-electron chi connectivity index (χ0n) is 17.8. The van der Waals surface area contributed by atoms with E-state index in [0.29, 0.717) is 11.4 Å². The molecule has 0 radical (unpaired) electrons. The Kier molecular flexibility index (Phi) is 5.82. The number of carbonyl (C=O) groups excluding carboxylic acids is 1. The Labute approximate surface area is 193 Å². The minimum absolute atomic E-state index is 0.0108. The molecule has 0 saturated carbocycles. The van der Waals surface area contributed by atoms with Crippen LogP contribution < -0.4 is 9.80 Å². The Bertz CT molecular complexity index is 1090. The number of anilines is 2. The van der Waals surface area contributed by atoms with Gasteiger partial charge in [-0.2, -0.15) is 0 Å². The van der Waals surface area contributed by atoms with E-state index in [1.54, 1.807) is 4.90 Å². The van der Waals surface area contributed by atoms with Crippen molar-refractivity contribution in [3.63, 3.8) is 0 Å². The second-order valence-corrected chi connectivity index (χ2v) is 8.53. The summed E-state index contributed by atoms with van der Waals surface area (Å²) in [4.78, 5) is 24.8. The Morgan fingerprint density at radius 3 is 2.00 bits per heavy atom. The molecule has 0 N–H and O–H groups in total. The summed E-state index contributed by atoms with van der Waals surface area (Å²) in [5, 5.41) is 0.649. The van der Waals surface area contributed by atoms with Gasteiger partial charge in [-0.05, 0) is 42.0 Å². The predicted octanol–water partition coefficient (Wildman–Crippen LogP) is 4.48. The van der Waals surface area contributed by atoms with Crippen LogP contribution in [0.5, 0.6) is 0 Å². The number of hydrogen-bond donors (Lipinski definition) is 0. The third-order valence-corrected chi connectivity index (χ3v) is 6.27. The molecule has 5 rings (SSSR count). The summed E-state index contributed by atoms with van der Waals surface area (Å²) in [5.74, 6) is 0.752. The maximum Gasteiger partial charge on any atom is 0.259 e. The molecule has 32 heavy (non-hydrogen) atoms. The van der Waals surface area contributed by atoms with Crippen LogP contribution in [0.2, 0.25) is 5.02 Å². The fourth-order valence-corrected chi connectivity index (χ4v) is 4.46. The molecule has 2 aliphatic rings. The van der Waals surface area contributed by atoms with Gasteiger partial charge in [0.15, 0.2) is 0 Å². The van der Waals surface area contributed by atoms with Gasteiger partial charge in [-0.3, -0.25) is 4.79 Å². The largest absolute Gasteiger partial charge is 0.368 e. The first-order valence-electron chi connectivity index (χ1n) is 11.0. The lowest BCUT2D eigenvalue weighted by molar-refractivity contribution is -0.118. The number of aliphatic imine (C=N–C) groups is 1. The summed E-state index contributed by atoms with van der Waals surface area (Å²) in [6, 6.07) is 27.5. The van der Waals surface area contributed by atoms with Crippen LogP contribution in [0.1, 0.15) is 5.56 Å². The average Bonchev–Trinajstić information content (AvgIpc) is 3.17. The van der Waals surface area contributed by atoms with Crippen molar-refractivity contribution in [2.24, 2.45) is 4.99 Å². The molecule has 2 heterocycles. The van der Waals surface area contributed by atoms with Crippen LogP contribution in [-0.2, 0) is 11.2 Å². The van der Waals surface area contributed by atoms with E-state index in [2.05, 4.69) is 34.1 Å². The number of para-hydroxylation sites is 1. The molecule has 1 saturated heterocycles. The number of amides is 1. The second kappa shape index (κ2) is 9.05. The van der Waals surface area contributed by atoms with Crippen molar-refractivity contribution in [1.82, 2.24) is 4.90 Å². The molecular formula is C26H25ClN4O. The molecule has 1 unspecified atom stereocenters. The molecule has 0 bridgehead atoms. The number of guanidine groups is 1. The van der Waals surface area contributed by atoms with Gasteiger partial charge in [0.05, 0.1) is 5.69 Å². The molecular weight excluding hydrogens is 420 g/mol. The maximum absolute atomic E-state index is 13.5. The first-order chi connectivity index (χ1) is 15.7. The zero-order chi connectivity index (χ0) is 21.9. The van der Waals surface area contributed by atoms with Gasteiger partial charge >= 0.3 is 0 Å². The topological polar surface area (TPSA) is 39.2 Å².